The summed E-state index contributed by atoms with van der Waals surface area (Å²) in [5.74, 6) is -0.232. The lowest BCUT2D eigenvalue weighted by Crippen LogP contribution is -2.20. The van der Waals surface area contributed by atoms with Gasteiger partial charge in [0.1, 0.15) is 0 Å². The van der Waals surface area contributed by atoms with Gasteiger partial charge < -0.3 is 4.74 Å². The largest absolute Gasteiger partial charge is 0.421 e. The van der Waals surface area contributed by atoms with Crippen LogP contribution in [0.5, 0.6) is 5.75 Å². The Balaban J connectivity index is 1.58. The molecule has 0 radical (unpaired) electrons. The van der Waals surface area contributed by atoms with E-state index < -0.39 is 10.9 Å². The van der Waals surface area contributed by atoms with Crippen LogP contribution in [0.1, 0.15) is 21.5 Å². The van der Waals surface area contributed by atoms with Crippen molar-refractivity contribution in [2.45, 2.75) is 6.92 Å². The van der Waals surface area contributed by atoms with E-state index in [-0.39, 0.29) is 22.6 Å². The molecule has 1 heterocycles. The highest BCUT2D eigenvalue weighted by Gasteiger charge is 2.18. The van der Waals surface area contributed by atoms with Gasteiger partial charge in [0, 0.05) is 27.7 Å². The van der Waals surface area contributed by atoms with E-state index in [1.807, 2.05) is 37.3 Å². The number of carbonyl (C=O) groups is 1. The Bertz CT molecular complexity index is 1870. The molecule has 198 valence electrons. The highest BCUT2D eigenvalue weighted by Crippen LogP contribution is 2.33. The van der Waals surface area contributed by atoms with E-state index in [2.05, 4.69) is 37.0 Å². The first-order valence-corrected chi connectivity index (χ1v) is 13.4. The number of ether oxygens (including phenoxy) is 1. The van der Waals surface area contributed by atoms with Crippen molar-refractivity contribution in [2.24, 2.45) is 5.10 Å². The maximum atomic E-state index is 13.5. The zero-order valence-electron chi connectivity index (χ0n) is 20.7. The van der Waals surface area contributed by atoms with Crippen molar-refractivity contribution in [3.05, 3.63) is 131 Å². The minimum Gasteiger partial charge on any atom is -0.421 e. The highest BCUT2D eigenvalue weighted by atomic mass is 79.9. The van der Waals surface area contributed by atoms with Crippen LogP contribution in [0, 0.1) is 17.0 Å². The van der Waals surface area contributed by atoms with Crippen molar-refractivity contribution in [2.75, 3.05) is 0 Å². The first-order chi connectivity index (χ1) is 19.2. The van der Waals surface area contributed by atoms with E-state index in [9.17, 15) is 19.7 Å². The van der Waals surface area contributed by atoms with Crippen LogP contribution < -0.4 is 10.3 Å². The number of halogens is 2. The first kappa shape index (κ1) is 27.1. The summed E-state index contributed by atoms with van der Waals surface area (Å²) in [6.45, 7) is 1.97. The number of rotatable bonds is 6. The molecule has 0 amide bonds. The average molecular weight is 662 g/mol. The summed E-state index contributed by atoms with van der Waals surface area (Å²) in [6.07, 6.45) is 1.41. The molecule has 0 unspecified atom stereocenters. The van der Waals surface area contributed by atoms with Crippen LogP contribution in [0.3, 0.4) is 0 Å². The summed E-state index contributed by atoms with van der Waals surface area (Å²) < 4.78 is 7.99. The number of aromatic nitrogens is 2. The smallest absolute Gasteiger partial charge is 0.343 e. The Morgan fingerprint density at radius 1 is 1.02 bits per heavy atom. The van der Waals surface area contributed by atoms with Gasteiger partial charge in [0.05, 0.1) is 32.1 Å². The van der Waals surface area contributed by atoms with Gasteiger partial charge in [-0.2, -0.15) is 9.78 Å². The van der Waals surface area contributed by atoms with Crippen molar-refractivity contribution < 1.29 is 14.5 Å². The number of nitrogens with zero attached hydrogens (tertiary/aromatic N) is 4. The number of nitro benzene ring substituents is 1. The molecule has 40 heavy (non-hydrogen) atoms. The zero-order valence-corrected chi connectivity index (χ0v) is 23.9. The fraction of sp³-hybridized carbons (Fsp3) is 0.0345. The van der Waals surface area contributed by atoms with E-state index in [1.54, 1.807) is 30.3 Å². The van der Waals surface area contributed by atoms with E-state index in [1.165, 1.54) is 35.2 Å². The van der Waals surface area contributed by atoms with E-state index in [4.69, 9.17) is 9.72 Å². The Labute approximate surface area is 244 Å². The van der Waals surface area contributed by atoms with Gasteiger partial charge in [-0.1, -0.05) is 57.9 Å². The average Bonchev–Trinajstić information content (AvgIpc) is 2.94. The predicted octanol–water partition coefficient (Wildman–Crippen LogP) is 6.91. The number of fused-ring (bicyclic) bond motifs is 1. The molecule has 0 saturated carbocycles. The third-order valence-corrected chi connectivity index (χ3v) is 6.97. The Morgan fingerprint density at radius 2 is 1.73 bits per heavy atom. The molecule has 0 saturated heterocycles. The molecule has 0 spiro atoms. The molecular weight excluding hydrogens is 644 g/mol. The molecule has 0 atom stereocenters. The molecular formula is C29H18Br2N4O5. The van der Waals surface area contributed by atoms with Crippen LogP contribution in [-0.4, -0.2) is 26.8 Å². The molecule has 0 aliphatic heterocycles. The highest BCUT2D eigenvalue weighted by molar-refractivity contribution is 9.11. The van der Waals surface area contributed by atoms with Gasteiger partial charge in [-0.05, 0) is 59.3 Å². The summed E-state index contributed by atoms with van der Waals surface area (Å²) in [4.78, 5) is 41.5. The zero-order chi connectivity index (χ0) is 28.4. The SMILES string of the molecule is Cc1ccc(-c2nc3ccccc3c(=O)n2N=Cc2cc(Br)cc(Br)c2OC(=O)c2ccc([N+](=O)[O-])cc2)cc1. The number of esters is 1. The first-order valence-electron chi connectivity index (χ1n) is 11.8. The maximum absolute atomic E-state index is 13.5. The molecule has 9 nitrogen and oxygen atoms in total. The van der Waals surface area contributed by atoms with Gasteiger partial charge in [0.15, 0.2) is 11.6 Å². The van der Waals surface area contributed by atoms with Crippen LogP contribution in [0.15, 0.2) is 104 Å². The van der Waals surface area contributed by atoms with Crippen molar-refractivity contribution in [1.29, 1.82) is 0 Å². The van der Waals surface area contributed by atoms with Gasteiger partial charge >= 0.3 is 5.97 Å². The molecule has 11 heteroatoms. The normalized spacial score (nSPS) is 11.2. The quantitative estimate of drug-likeness (QED) is 0.0642. The predicted molar refractivity (Wildman–Crippen MR) is 159 cm³/mol. The van der Waals surface area contributed by atoms with E-state index in [0.29, 0.717) is 36.8 Å². The molecule has 0 N–H and O–H groups in total. The number of hydrogen-bond donors (Lipinski definition) is 0. The number of para-hydroxylation sites is 1. The topological polar surface area (TPSA) is 117 Å². The second kappa shape index (κ2) is 11.3. The van der Waals surface area contributed by atoms with Crippen LogP contribution >= 0.6 is 31.9 Å². The molecule has 0 aliphatic rings. The second-order valence-electron chi connectivity index (χ2n) is 8.68. The van der Waals surface area contributed by atoms with Gasteiger partial charge in [-0.25, -0.2) is 9.78 Å². The minimum absolute atomic E-state index is 0.125. The fourth-order valence-electron chi connectivity index (χ4n) is 3.89. The molecule has 0 aliphatic carbocycles. The summed E-state index contributed by atoms with van der Waals surface area (Å²) >= 11 is 6.86. The van der Waals surface area contributed by atoms with Crippen LogP contribution in [0.2, 0.25) is 0 Å². The summed E-state index contributed by atoms with van der Waals surface area (Å²) in [7, 11) is 0. The van der Waals surface area contributed by atoms with Gasteiger partial charge in [0.2, 0.25) is 0 Å². The van der Waals surface area contributed by atoms with Gasteiger partial charge in [-0.3, -0.25) is 14.9 Å². The molecule has 5 aromatic rings. The number of non-ortho nitro benzene ring substituents is 1. The van der Waals surface area contributed by atoms with Gasteiger partial charge in [0.25, 0.3) is 11.2 Å². The number of carbonyl (C=O) groups excluding carboxylic acids is 1. The Morgan fingerprint density at radius 3 is 2.42 bits per heavy atom. The van der Waals surface area contributed by atoms with E-state index in [0.717, 1.165) is 5.56 Å². The van der Waals surface area contributed by atoms with Crippen LogP contribution in [-0.2, 0) is 0 Å². The number of benzene rings is 4. The molecule has 4 aromatic carbocycles. The summed E-state index contributed by atoms with van der Waals surface area (Å²) in [5.41, 5.74) is 2.29. The van der Waals surface area contributed by atoms with Crippen LogP contribution in [0.4, 0.5) is 5.69 Å². The lowest BCUT2D eigenvalue weighted by atomic mass is 10.1. The van der Waals surface area contributed by atoms with E-state index >= 15 is 0 Å². The monoisotopic (exact) mass is 660 g/mol. The fourth-order valence-corrected chi connectivity index (χ4v) is 5.23. The van der Waals surface area contributed by atoms with Crippen molar-refractivity contribution in [1.82, 2.24) is 9.66 Å². The molecule has 0 fully saturated rings. The summed E-state index contributed by atoms with van der Waals surface area (Å²) in [5, 5.41) is 15.8. The third kappa shape index (κ3) is 5.61. The molecule has 5 rings (SSSR count). The maximum Gasteiger partial charge on any atom is 0.343 e. The second-order valence-corrected chi connectivity index (χ2v) is 10.4. The number of nitro groups is 1. The van der Waals surface area contributed by atoms with Crippen molar-refractivity contribution >= 4 is 60.6 Å². The number of hydrogen-bond acceptors (Lipinski definition) is 7. The third-order valence-electron chi connectivity index (χ3n) is 5.92. The lowest BCUT2D eigenvalue weighted by Gasteiger charge is -2.12. The lowest BCUT2D eigenvalue weighted by molar-refractivity contribution is -0.384. The van der Waals surface area contributed by atoms with Gasteiger partial charge in [-0.15, -0.1) is 0 Å². The molecule has 1 aromatic heterocycles. The minimum atomic E-state index is -0.725. The molecule has 0 bridgehead atoms. The Hall–Kier alpha value is -4.48. The number of aryl methyl sites for hydroxylation is 1. The van der Waals surface area contributed by atoms with Crippen molar-refractivity contribution in [3.63, 3.8) is 0 Å². The van der Waals surface area contributed by atoms with Crippen LogP contribution in [0.25, 0.3) is 22.3 Å². The standard InChI is InChI=1S/C29H18Br2N4O5/c1-17-6-8-18(9-7-17)27-33-25-5-3-2-4-23(25)28(36)34(27)32-16-20-14-21(30)15-24(31)26(20)40-29(37)19-10-12-22(13-11-19)35(38)39/h2-16H,1H3. The van der Waals surface area contributed by atoms with Crippen molar-refractivity contribution in [3.8, 4) is 17.1 Å². The Kier molecular flexibility index (Phi) is 7.67. The summed E-state index contributed by atoms with van der Waals surface area (Å²) in [6, 6.07) is 23.0.